The van der Waals surface area contributed by atoms with E-state index in [4.69, 9.17) is 16.3 Å². The lowest BCUT2D eigenvalue weighted by atomic mass is 9.70. The predicted octanol–water partition coefficient (Wildman–Crippen LogP) is 5.12. The zero-order valence-electron chi connectivity index (χ0n) is 20.2. The lowest BCUT2D eigenvalue weighted by molar-refractivity contribution is 0.0456. The minimum atomic E-state index is -1.63. The van der Waals surface area contributed by atoms with E-state index in [0.717, 1.165) is 24.1 Å². The van der Waals surface area contributed by atoms with E-state index in [1.165, 1.54) is 0 Å². The minimum absolute atomic E-state index is 0.0819. The molecule has 190 valence electrons. The molecule has 0 radical (unpaired) electrons. The first kappa shape index (κ1) is 26.0. The van der Waals surface area contributed by atoms with Crippen LogP contribution in [0.4, 0.5) is 5.69 Å². The van der Waals surface area contributed by atoms with Crippen LogP contribution in [0.2, 0.25) is 0 Å². The first-order valence-electron chi connectivity index (χ1n) is 12.1. The van der Waals surface area contributed by atoms with Crippen molar-refractivity contribution in [3.63, 3.8) is 0 Å². The van der Waals surface area contributed by atoms with Gasteiger partial charge in [0.25, 0.3) is 5.91 Å². The number of carbonyl (C=O) groups excluding carboxylic acids is 1. The van der Waals surface area contributed by atoms with Crippen LogP contribution in [-0.4, -0.2) is 48.4 Å². The third kappa shape index (κ3) is 5.52. The van der Waals surface area contributed by atoms with E-state index in [1.54, 1.807) is 24.3 Å². The van der Waals surface area contributed by atoms with E-state index in [0.29, 0.717) is 49.1 Å². The SMILES string of the molecule is C=CC(=C)[C@]1(CCl)COc2ccc3cc2N(C[C@@H]2CC[C@H]2[C@@H](O)/C=C/C[C@H](C)C[S-](=O)=NC3=O)C1. The summed E-state index contributed by atoms with van der Waals surface area (Å²) in [5.41, 5.74) is 1.40. The Morgan fingerprint density at radius 1 is 1.43 bits per heavy atom. The standard InChI is InChI=1S/C27H34ClN2O4S/c1-4-19(3)27(15-28)16-30-13-21-8-10-22(21)24(31)7-5-6-18(2)14-35(33)29-26(32)20-9-11-25(34-17-27)23(30)12-20/h4-5,7,9,11-12,18,21-22,24,31H,1,3,6,8,10,13-17H2,2H3/q-1/b7-5+/t18-,21-,22+,24-,27-/m0/s1. The predicted molar refractivity (Wildman–Crippen MR) is 141 cm³/mol. The molecule has 1 aliphatic carbocycles. The first-order chi connectivity index (χ1) is 16.8. The van der Waals surface area contributed by atoms with E-state index in [2.05, 4.69) is 22.4 Å². The van der Waals surface area contributed by atoms with Crippen molar-refractivity contribution in [1.82, 2.24) is 0 Å². The summed E-state index contributed by atoms with van der Waals surface area (Å²) < 4.78 is 22.7. The summed E-state index contributed by atoms with van der Waals surface area (Å²) in [6.45, 7) is 11.6. The number of fused-ring (bicyclic) bond motifs is 2. The maximum Gasteiger partial charge on any atom is 0.254 e. The number of carbonyl (C=O) groups is 1. The Kier molecular flexibility index (Phi) is 8.09. The average molecular weight is 518 g/mol. The number of benzene rings is 1. The molecule has 0 saturated heterocycles. The van der Waals surface area contributed by atoms with Gasteiger partial charge >= 0.3 is 0 Å². The molecule has 1 N–H and O–H groups in total. The van der Waals surface area contributed by atoms with Crippen molar-refractivity contribution in [3.05, 3.63) is 60.7 Å². The third-order valence-corrected chi connectivity index (χ3v) is 9.32. The second kappa shape index (κ2) is 10.9. The van der Waals surface area contributed by atoms with Crippen molar-refractivity contribution < 1.29 is 18.8 Å². The van der Waals surface area contributed by atoms with Gasteiger partial charge in [0.15, 0.2) is 0 Å². The van der Waals surface area contributed by atoms with Gasteiger partial charge < -0.3 is 23.3 Å². The van der Waals surface area contributed by atoms with E-state index in [9.17, 15) is 14.1 Å². The molecule has 1 aromatic carbocycles. The lowest BCUT2D eigenvalue weighted by Gasteiger charge is -2.44. The van der Waals surface area contributed by atoms with E-state index < -0.39 is 28.0 Å². The Morgan fingerprint density at radius 2 is 2.23 bits per heavy atom. The maximum absolute atomic E-state index is 12.9. The van der Waals surface area contributed by atoms with Crippen LogP contribution in [0.15, 0.2) is 59.5 Å². The Morgan fingerprint density at radius 3 is 2.91 bits per heavy atom. The summed E-state index contributed by atoms with van der Waals surface area (Å²) in [6, 6.07) is 5.22. The van der Waals surface area contributed by atoms with Crippen LogP contribution < -0.4 is 9.64 Å². The molecule has 2 heterocycles. The molecule has 3 aliphatic rings. The van der Waals surface area contributed by atoms with Gasteiger partial charge in [-0.2, -0.15) is 10.6 Å². The van der Waals surface area contributed by atoms with Crippen molar-refractivity contribution >= 4 is 33.8 Å². The fraction of sp³-hybridized carbons (Fsp3) is 0.519. The fourth-order valence-corrected chi connectivity index (χ4v) is 6.43. The number of halogens is 1. The van der Waals surface area contributed by atoms with Gasteiger partial charge in [-0.3, -0.25) is 4.79 Å². The molecule has 0 unspecified atom stereocenters. The number of anilines is 1. The van der Waals surface area contributed by atoms with Crippen LogP contribution in [0.1, 0.15) is 36.5 Å². The molecule has 5 atom stereocenters. The molecule has 6 nitrogen and oxygen atoms in total. The third-order valence-electron chi connectivity index (χ3n) is 7.58. The number of hydrogen-bond acceptors (Lipinski definition) is 6. The van der Waals surface area contributed by atoms with Gasteiger partial charge in [0, 0.05) is 24.5 Å². The Labute approximate surface area is 214 Å². The van der Waals surface area contributed by atoms with Crippen molar-refractivity contribution in [2.45, 2.75) is 32.3 Å². The molecule has 2 aliphatic heterocycles. The number of aliphatic hydroxyl groups is 1. The quantitative estimate of drug-likeness (QED) is 0.260. The van der Waals surface area contributed by atoms with Crippen molar-refractivity contribution in [3.8, 4) is 5.75 Å². The summed E-state index contributed by atoms with van der Waals surface area (Å²) in [6.07, 6.45) is 7.68. The molecule has 4 rings (SSSR count). The highest BCUT2D eigenvalue weighted by Crippen LogP contribution is 2.44. The minimum Gasteiger partial charge on any atom is -0.490 e. The molecular weight excluding hydrogens is 484 g/mol. The van der Waals surface area contributed by atoms with Crippen LogP contribution in [0.3, 0.4) is 0 Å². The normalized spacial score (nSPS) is 32.8. The Balaban J connectivity index is 1.78. The van der Waals surface area contributed by atoms with Gasteiger partial charge in [-0.25, -0.2) is 0 Å². The summed E-state index contributed by atoms with van der Waals surface area (Å²) >= 11 is 6.50. The zero-order valence-corrected chi connectivity index (χ0v) is 21.8. The summed E-state index contributed by atoms with van der Waals surface area (Å²) in [5, 5.41) is 10.9. The molecule has 35 heavy (non-hydrogen) atoms. The van der Waals surface area contributed by atoms with Crippen LogP contribution >= 0.6 is 11.6 Å². The van der Waals surface area contributed by atoms with E-state index >= 15 is 0 Å². The fourth-order valence-electron chi connectivity index (χ4n) is 5.11. The van der Waals surface area contributed by atoms with Crippen molar-refractivity contribution in [2.75, 3.05) is 36.2 Å². The molecule has 0 spiro atoms. The number of alkyl halides is 1. The second-order valence-corrected chi connectivity index (χ2v) is 11.6. The molecular formula is C27H34ClN2O4S-. The van der Waals surface area contributed by atoms with Gasteiger partial charge in [0.1, 0.15) is 12.4 Å². The number of nitrogens with zero attached hydrogens (tertiary/aromatic N) is 2. The number of allylic oxidation sites excluding steroid dienone is 2. The molecule has 0 aromatic heterocycles. The Hall–Kier alpha value is -2.09. The molecule has 2 bridgehead atoms. The highest BCUT2D eigenvalue weighted by Gasteiger charge is 2.42. The molecule has 1 saturated carbocycles. The van der Waals surface area contributed by atoms with Crippen LogP contribution in [-0.2, 0) is 14.8 Å². The highest BCUT2D eigenvalue weighted by molar-refractivity contribution is 7.75. The van der Waals surface area contributed by atoms with Gasteiger partial charge in [0.05, 0.1) is 17.2 Å². The monoisotopic (exact) mass is 517 g/mol. The van der Waals surface area contributed by atoms with Crippen LogP contribution in [0.25, 0.3) is 0 Å². The number of amides is 1. The van der Waals surface area contributed by atoms with Crippen LogP contribution in [0, 0.1) is 23.2 Å². The van der Waals surface area contributed by atoms with Gasteiger partial charge in [0.2, 0.25) is 0 Å². The average Bonchev–Trinajstić information content (AvgIpc) is 2.97. The Bertz CT molecular complexity index is 1110. The van der Waals surface area contributed by atoms with E-state index in [-0.39, 0.29) is 17.8 Å². The van der Waals surface area contributed by atoms with Crippen LogP contribution in [0.5, 0.6) is 5.75 Å². The van der Waals surface area contributed by atoms with E-state index in [1.807, 2.05) is 19.1 Å². The summed E-state index contributed by atoms with van der Waals surface area (Å²) in [4.78, 5) is 15.1. The molecule has 8 heteroatoms. The molecule has 1 amide bonds. The number of hydrogen-bond donors (Lipinski definition) is 1. The number of aliphatic hydroxyl groups excluding tert-OH is 1. The summed E-state index contributed by atoms with van der Waals surface area (Å²) in [7, 11) is -1.63. The van der Waals surface area contributed by atoms with Crippen molar-refractivity contribution in [1.29, 1.82) is 0 Å². The second-order valence-electron chi connectivity index (χ2n) is 10.1. The number of ether oxygens (including phenoxy) is 1. The first-order valence-corrected chi connectivity index (χ1v) is 14.0. The number of rotatable bonds is 3. The topological polar surface area (TPSA) is 79.2 Å². The smallest absolute Gasteiger partial charge is 0.254 e. The summed E-state index contributed by atoms with van der Waals surface area (Å²) in [5.74, 6) is 1.27. The highest BCUT2D eigenvalue weighted by atomic mass is 35.5. The van der Waals surface area contributed by atoms with Gasteiger partial charge in [-0.1, -0.05) is 50.0 Å². The lowest BCUT2D eigenvalue weighted by Crippen LogP contribution is -2.47. The van der Waals surface area contributed by atoms with Gasteiger partial charge in [-0.05, 0) is 54.9 Å². The molecule has 1 aromatic rings. The van der Waals surface area contributed by atoms with Crippen molar-refractivity contribution in [2.24, 2.45) is 27.5 Å². The molecule has 1 fully saturated rings. The maximum atomic E-state index is 12.9. The zero-order chi connectivity index (χ0) is 25.2. The van der Waals surface area contributed by atoms with Gasteiger partial charge in [-0.15, -0.1) is 11.6 Å². The largest absolute Gasteiger partial charge is 0.490 e.